The lowest BCUT2D eigenvalue weighted by Gasteiger charge is -2.16. The van der Waals surface area contributed by atoms with Gasteiger partial charge in [-0.15, -0.1) is 0 Å². The molecule has 0 saturated heterocycles. The van der Waals surface area contributed by atoms with E-state index in [9.17, 15) is 18.4 Å². The molecule has 0 unspecified atom stereocenters. The number of methoxy groups -OCH3 is 1. The van der Waals surface area contributed by atoms with Crippen LogP contribution in [0.3, 0.4) is 0 Å². The molecule has 4 rings (SSSR count). The van der Waals surface area contributed by atoms with Crippen LogP contribution in [-0.4, -0.2) is 18.9 Å². The second kappa shape index (κ2) is 8.26. The molecule has 5 nitrogen and oxygen atoms in total. The van der Waals surface area contributed by atoms with E-state index < -0.39 is 23.4 Å². The van der Waals surface area contributed by atoms with E-state index in [1.54, 1.807) is 30.3 Å². The maximum Gasteiger partial charge on any atom is 0.282 e. The minimum Gasteiger partial charge on any atom is -0.497 e. The number of nitrogens with one attached hydrogen (secondary N) is 1. The molecule has 2 amide bonds. The van der Waals surface area contributed by atoms with E-state index in [1.165, 1.54) is 7.11 Å². The first-order chi connectivity index (χ1) is 15.3. The van der Waals surface area contributed by atoms with Gasteiger partial charge in [-0.1, -0.05) is 18.2 Å². The van der Waals surface area contributed by atoms with Gasteiger partial charge in [0.2, 0.25) is 0 Å². The Hall–Kier alpha value is -4.00. The van der Waals surface area contributed by atoms with Crippen molar-refractivity contribution in [2.75, 3.05) is 17.3 Å². The fourth-order valence-corrected chi connectivity index (χ4v) is 3.52. The van der Waals surface area contributed by atoms with E-state index in [0.29, 0.717) is 23.1 Å². The topological polar surface area (TPSA) is 58.6 Å². The number of anilines is 2. The number of rotatable bonds is 5. The summed E-state index contributed by atoms with van der Waals surface area (Å²) in [5.41, 5.74) is 2.91. The minimum atomic E-state index is -1.01. The fraction of sp³-hybridized carbons (Fsp3) is 0.120. The van der Waals surface area contributed by atoms with Gasteiger partial charge in [-0.25, -0.2) is 13.7 Å². The van der Waals surface area contributed by atoms with Crippen molar-refractivity contribution < 1.29 is 23.1 Å². The molecule has 1 aliphatic rings. The third kappa shape index (κ3) is 3.73. The Morgan fingerprint density at radius 1 is 0.844 bits per heavy atom. The molecule has 162 valence electrons. The lowest BCUT2D eigenvalue weighted by atomic mass is 10.0. The van der Waals surface area contributed by atoms with Crippen LogP contribution in [0.25, 0.3) is 5.57 Å². The Labute approximate surface area is 183 Å². The van der Waals surface area contributed by atoms with Crippen molar-refractivity contribution in [3.63, 3.8) is 0 Å². The normalized spacial score (nSPS) is 13.7. The molecule has 1 N–H and O–H groups in total. The first-order valence-corrected chi connectivity index (χ1v) is 9.87. The van der Waals surface area contributed by atoms with Crippen molar-refractivity contribution in [3.8, 4) is 5.75 Å². The van der Waals surface area contributed by atoms with Crippen LogP contribution in [0.15, 0.2) is 66.4 Å². The number of halogens is 2. The Morgan fingerprint density at radius 3 is 2.19 bits per heavy atom. The van der Waals surface area contributed by atoms with Crippen LogP contribution in [0, 0.1) is 25.5 Å². The van der Waals surface area contributed by atoms with Gasteiger partial charge in [0.25, 0.3) is 11.8 Å². The van der Waals surface area contributed by atoms with Crippen molar-refractivity contribution in [1.82, 2.24) is 0 Å². The summed E-state index contributed by atoms with van der Waals surface area (Å²) in [6.07, 6.45) is 0. The highest BCUT2D eigenvalue weighted by molar-refractivity contribution is 6.46. The quantitative estimate of drug-likeness (QED) is 0.575. The highest BCUT2D eigenvalue weighted by Crippen LogP contribution is 2.35. The molecule has 0 bridgehead atoms. The molecule has 0 atom stereocenters. The van der Waals surface area contributed by atoms with Gasteiger partial charge in [-0.3, -0.25) is 9.59 Å². The van der Waals surface area contributed by atoms with Crippen molar-refractivity contribution >= 4 is 28.8 Å². The molecule has 0 spiro atoms. The summed E-state index contributed by atoms with van der Waals surface area (Å²) in [5.74, 6) is -2.67. The average molecular weight is 434 g/mol. The molecule has 0 fully saturated rings. The first-order valence-electron chi connectivity index (χ1n) is 9.87. The summed E-state index contributed by atoms with van der Waals surface area (Å²) in [6, 6.07) is 14.9. The molecule has 32 heavy (non-hydrogen) atoms. The van der Waals surface area contributed by atoms with Gasteiger partial charge in [-0.2, -0.15) is 0 Å². The minimum absolute atomic E-state index is 0.00662. The van der Waals surface area contributed by atoms with E-state index in [-0.39, 0.29) is 17.0 Å². The summed E-state index contributed by atoms with van der Waals surface area (Å²) < 4.78 is 33.1. The highest BCUT2D eigenvalue weighted by atomic mass is 19.1. The number of aryl methyl sites for hydroxylation is 2. The van der Waals surface area contributed by atoms with Gasteiger partial charge in [0.1, 0.15) is 23.1 Å². The van der Waals surface area contributed by atoms with Gasteiger partial charge in [0.15, 0.2) is 0 Å². The van der Waals surface area contributed by atoms with Gasteiger partial charge >= 0.3 is 0 Å². The standard InChI is InChI=1S/C25H20F2N2O3/c1-14-4-8-18(12-15(14)2)28-23-22(16-5-9-19(32-3)10-6-16)24(30)29(25(23)31)21-11-7-17(26)13-20(21)27/h4-13,28H,1-3H3. The summed E-state index contributed by atoms with van der Waals surface area (Å²) in [4.78, 5) is 27.4. The van der Waals surface area contributed by atoms with Crippen LogP contribution >= 0.6 is 0 Å². The van der Waals surface area contributed by atoms with Crippen LogP contribution in [-0.2, 0) is 9.59 Å². The van der Waals surface area contributed by atoms with Crippen LogP contribution in [0.2, 0.25) is 0 Å². The molecule has 1 aliphatic heterocycles. The van der Waals surface area contributed by atoms with E-state index in [1.807, 2.05) is 26.0 Å². The molecule has 7 heteroatoms. The van der Waals surface area contributed by atoms with Gasteiger partial charge in [0.05, 0.1) is 18.4 Å². The average Bonchev–Trinajstić information content (AvgIpc) is 3.00. The third-order valence-electron chi connectivity index (χ3n) is 5.39. The molecule has 0 saturated carbocycles. The first kappa shape index (κ1) is 21.2. The second-order valence-electron chi connectivity index (χ2n) is 7.44. The Kier molecular flexibility index (Phi) is 5.48. The molecule has 0 radical (unpaired) electrons. The Balaban J connectivity index is 1.83. The molecule has 0 aliphatic carbocycles. The second-order valence-corrected chi connectivity index (χ2v) is 7.44. The SMILES string of the molecule is COc1ccc(C2=C(Nc3ccc(C)c(C)c3)C(=O)N(c3ccc(F)cc3F)C2=O)cc1. The van der Waals surface area contributed by atoms with Gasteiger partial charge < -0.3 is 10.1 Å². The van der Waals surface area contributed by atoms with Gasteiger partial charge in [-0.05, 0) is 66.9 Å². The molecule has 0 aromatic heterocycles. The third-order valence-corrected chi connectivity index (χ3v) is 5.39. The van der Waals surface area contributed by atoms with Crippen molar-refractivity contribution in [3.05, 3.63) is 94.7 Å². The number of amides is 2. The van der Waals surface area contributed by atoms with E-state index in [4.69, 9.17) is 4.74 Å². The Bertz CT molecular complexity index is 1270. The summed E-state index contributed by atoms with van der Waals surface area (Å²) in [5, 5.41) is 3.04. The predicted octanol–water partition coefficient (Wildman–Crippen LogP) is 4.99. The zero-order chi connectivity index (χ0) is 23.0. The monoisotopic (exact) mass is 434 g/mol. The van der Waals surface area contributed by atoms with Crippen molar-refractivity contribution in [2.45, 2.75) is 13.8 Å². The number of carbonyl (C=O) groups is 2. The zero-order valence-corrected chi connectivity index (χ0v) is 17.7. The molecule has 3 aromatic carbocycles. The molecular formula is C25H20F2N2O3. The van der Waals surface area contributed by atoms with Crippen molar-refractivity contribution in [1.29, 1.82) is 0 Å². The van der Waals surface area contributed by atoms with Gasteiger partial charge in [0, 0.05) is 11.8 Å². The maximum absolute atomic E-state index is 14.5. The van der Waals surface area contributed by atoms with Crippen molar-refractivity contribution in [2.24, 2.45) is 0 Å². The summed E-state index contributed by atoms with van der Waals surface area (Å²) >= 11 is 0. The fourth-order valence-electron chi connectivity index (χ4n) is 3.52. The molecular weight excluding hydrogens is 414 g/mol. The van der Waals surface area contributed by atoms with E-state index >= 15 is 0 Å². The number of hydrogen-bond acceptors (Lipinski definition) is 4. The van der Waals surface area contributed by atoms with Crippen LogP contribution < -0.4 is 15.0 Å². The number of benzene rings is 3. The summed E-state index contributed by atoms with van der Waals surface area (Å²) in [6.45, 7) is 3.89. The highest BCUT2D eigenvalue weighted by Gasteiger charge is 2.41. The number of nitrogens with zero attached hydrogens (tertiary/aromatic N) is 1. The number of ether oxygens (including phenoxy) is 1. The number of imide groups is 1. The lowest BCUT2D eigenvalue weighted by Crippen LogP contribution is -2.33. The van der Waals surface area contributed by atoms with Crippen LogP contribution in [0.5, 0.6) is 5.75 Å². The lowest BCUT2D eigenvalue weighted by molar-refractivity contribution is -0.120. The number of carbonyl (C=O) groups excluding carboxylic acids is 2. The maximum atomic E-state index is 14.5. The Morgan fingerprint density at radius 2 is 1.56 bits per heavy atom. The van der Waals surface area contributed by atoms with Crippen LogP contribution in [0.4, 0.5) is 20.2 Å². The number of hydrogen-bond donors (Lipinski definition) is 1. The van der Waals surface area contributed by atoms with E-state index in [0.717, 1.165) is 28.2 Å². The molecule has 3 aromatic rings. The molecule has 1 heterocycles. The largest absolute Gasteiger partial charge is 0.497 e. The van der Waals surface area contributed by atoms with Crippen LogP contribution in [0.1, 0.15) is 16.7 Å². The zero-order valence-electron chi connectivity index (χ0n) is 17.7. The van der Waals surface area contributed by atoms with E-state index in [2.05, 4.69) is 5.32 Å². The predicted molar refractivity (Wildman–Crippen MR) is 118 cm³/mol. The smallest absolute Gasteiger partial charge is 0.282 e. The summed E-state index contributed by atoms with van der Waals surface area (Å²) in [7, 11) is 1.52.